The van der Waals surface area contributed by atoms with Gasteiger partial charge in [-0.25, -0.2) is 0 Å². The molecule has 0 aliphatic rings. The molecule has 0 radical (unpaired) electrons. The van der Waals surface area contributed by atoms with Crippen LogP contribution < -0.4 is 4.74 Å². The first-order chi connectivity index (χ1) is 8.61. The Balaban J connectivity index is 2.21. The van der Waals surface area contributed by atoms with Crippen LogP contribution in [0.2, 0.25) is 0 Å². The number of phenolic OH excluding ortho intramolecular Hbond substituents is 1. The van der Waals surface area contributed by atoms with Crippen LogP contribution in [0.3, 0.4) is 0 Å². The Morgan fingerprint density at radius 2 is 2.00 bits per heavy atom. The predicted octanol–water partition coefficient (Wildman–Crippen LogP) is 1.48. The fourth-order valence-electron chi connectivity index (χ4n) is 1.37. The summed E-state index contributed by atoms with van der Waals surface area (Å²) in [7, 11) is 0. The molecule has 1 atom stereocenters. The van der Waals surface area contributed by atoms with Crippen molar-refractivity contribution in [3.05, 3.63) is 24.3 Å². The summed E-state index contributed by atoms with van der Waals surface area (Å²) in [4.78, 5) is 11.1. The van der Waals surface area contributed by atoms with E-state index < -0.39 is 12.1 Å². The number of carbonyl (C=O) groups is 1. The maximum atomic E-state index is 11.1. The molecule has 0 amide bonds. The van der Waals surface area contributed by atoms with Crippen molar-refractivity contribution in [3.8, 4) is 11.5 Å². The summed E-state index contributed by atoms with van der Waals surface area (Å²) in [6.07, 6.45) is -0.437. The summed E-state index contributed by atoms with van der Waals surface area (Å²) in [6.45, 7) is 2.33. The van der Waals surface area contributed by atoms with E-state index in [2.05, 4.69) is 0 Å². The van der Waals surface area contributed by atoms with Crippen LogP contribution in [0.4, 0.5) is 0 Å². The zero-order valence-corrected chi connectivity index (χ0v) is 10.3. The van der Waals surface area contributed by atoms with Gasteiger partial charge in [0, 0.05) is 6.42 Å². The van der Waals surface area contributed by atoms with Gasteiger partial charge in [-0.3, -0.25) is 4.79 Å². The molecule has 1 unspecified atom stereocenters. The number of aromatic hydroxyl groups is 1. The molecular weight excluding hydrogens is 236 g/mol. The number of aliphatic hydroxyl groups is 1. The highest BCUT2D eigenvalue weighted by Crippen LogP contribution is 2.16. The lowest BCUT2D eigenvalue weighted by atomic mass is 10.2. The molecule has 0 fully saturated rings. The van der Waals surface area contributed by atoms with E-state index in [9.17, 15) is 9.90 Å². The van der Waals surface area contributed by atoms with E-state index >= 15 is 0 Å². The second-order valence-corrected chi connectivity index (χ2v) is 3.79. The van der Waals surface area contributed by atoms with Crippen molar-refractivity contribution in [2.45, 2.75) is 25.9 Å². The highest BCUT2D eigenvalue weighted by atomic mass is 16.5. The molecule has 0 aliphatic heterocycles. The van der Waals surface area contributed by atoms with Crippen LogP contribution >= 0.6 is 0 Å². The van der Waals surface area contributed by atoms with E-state index in [4.69, 9.17) is 14.6 Å². The smallest absolute Gasteiger partial charge is 0.308 e. The summed E-state index contributed by atoms with van der Waals surface area (Å²) < 4.78 is 10.1. The second-order valence-electron chi connectivity index (χ2n) is 3.79. The van der Waals surface area contributed by atoms with Crippen LogP contribution in [0.25, 0.3) is 0 Å². The zero-order valence-electron chi connectivity index (χ0n) is 10.3. The van der Waals surface area contributed by atoms with Crippen LogP contribution in [-0.4, -0.2) is 35.5 Å². The van der Waals surface area contributed by atoms with Crippen LogP contribution in [0.15, 0.2) is 24.3 Å². The van der Waals surface area contributed by atoms with Crippen molar-refractivity contribution < 1.29 is 24.5 Å². The monoisotopic (exact) mass is 254 g/mol. The minimum Gasteiger partial charge on any atom is -0.508 e. The van der Waals surface area contributed by atoms with Crippen molar-refractivity contribution in [2.75, 3.05) is 13.2 Å². The van der Waals surface area contributed by atoms with Crippen molar-refractivity contribution in [2.24, 2.45) is 0 Å². The lowest BCUT2D eigenvalue weighted by Gasteiger charge is -2.11. The maximum Gasteiger partial charge on any atom is 0.308 e. The summed E-state index contributed by atoms with van der Waals surface area (Å²) in [5.74, 6) is 0.371. The third kappa shape index (κ3) is 5.54. The van der Waals surface area contributed by atoms with Gasteiger partial charge in [0.25, 0.3) is 0 Å². The molecular formula is C13H18O5. The predicted molar refractivity (Wildman–Crippen MR) is 65.5 cm³/mol. The molecule has 1 rings (SSSR count). The molecule has 1 aromatic carbocycles. The Hall–Kier alpha value is -1.75. The van der Waals surface area contributed by atoms with Crippen LogP contribution in [-0.2, 0) is 9.53 Å². The third-order valence-corrected chi connectivity index (χ3v) is 2.26. The average Bonchev–Trinajstić information content (AvgIpc) is 2.32. The topological polar surface area (TPSA) is 76.0 Å². The molecule has 0 bridgehead atoms. The zero-order chi connectivity index (χ0) is 13.4. The van der Waals surface area contributed by atoms with Crippen LogP contribution in [0, 0.1) is 0 Å². The van der Waals surface area contributed by atoms with Gasteiger partial charge in [0.1, 0.15) is 11.5 Å². The van der Waals surface area contributed by atoms with Crippen molar-refractivity contribution in [1.82, 2.24) is 0 Å². The molecule has 5 nitrogen and oxygen atoms in total. The fraction of sp³-hybridized carbons (Fsp3) is 0.462. The van der Waals surface area contributed by atoms with E-state index in [0.29, 0.717) is 25.4 Å². The van der Waals surface area contributed by atoms with E-state index in [1.807, 2.05) is 0 Å². The van der Waals surface area contributed by atoms with Crippen LogP contribution in [0.1, 0.15) is 19.8 Å². The van der Waals surface area contributed by atoms with E-state index in [1.54, 1.807) is 19.1 Å². The Morgan fingerprint density at radius 1 is 1.33 bits per heavy atom. The van der Waals surface area contributed by atoms with E-state index in [1.165, 1.54) is 12.1 Å². The van der Waals surface area contributed by atoms with Crippen LogP contribution in [0.5, 0.6) is 11.5 Å². The number of benzene rings is 1. The van der Waals surface area contributed by atoms with Gasteiger partial charge < -0.3 is 19.7 Å². The van der Waals surface area contributed by atoms with Gasteiger partial charge in [0.2, 0.25) is 0 Å². The average molecular weight is 254 g/mol. The first-order valence-corrected chi connectivity index (χ1v) is 5.87. The Labute approximate surface area is 106 Å². The van der Waals surface area contributed by atoms with Gasteiger partial charge in [-0.05, 0) is 31.2 Å². The number of rotatable bonds is 7. The van der Waals surface area contributed by atoms with Gasteiger partial charge in [-0.1, -0.05) is 0 Å². The normalized spacial score (nSPS) is 11.9. The first-order valence-electron chi connectivity index (χ1n) is 5.87. The summed E-state index contributed by atoms with van der Waals surface area (Å²) >= 11 is 0. The number of ether oxygens (including phenoxy) is 2. The van der Waals surface area contributed by atoms with Gasteiger partial charge in [0.05, 0.1) is 25.7 Å². The standard InChI is InChI=1S/C13H18O5/c1-2-17-13(16)9-11(15)7-8-18-12-5-3-10(14)4-6-12/h3-6,11,14-15H,2,7-9H2,1H3. The number of hydrogen-bond acceptors (Lipinski definition) is 5. The molecule has 100 valence electrons. The molecule has 1 aromatic rings. The molecule has 0 saturated carbocycles. The number of esters is 1. The number of aliphatic hydroxyl groups excluding tert-OH is 1. The van der Waals surface area contributed by atoms with Crippen molar-refractivity contribution in [1.29, 1.82) is 0 Å². The summed E-state index contributed by atoms with van der Waals surface area (Å²) in [6, 6.07) is 6.30. The summed E-state index contributed by atoms with van der Waals surface area (Å²) in [5, 5.41) is 18.6. The van der Waals surface area contributed by atoms with Crippen molar-refractivity contribution in [3.63, 3.8) is 0 Å². The molecule has 18 heavy (non-hydrogen) atoms. The van der Waals surface area contributed by atoms with Crippen molar-refractivity contribution >= 4 is 5.97 Å². The largest absolute Gasteiger partial charge is 0.508 e. The van der Waals surface area contributed by atoms with Gasteiger partial charge in [0.15, 0.2) is 0 Å². The Morgan fingerprint density at radius 3 is 2.61 bits per heavy atom. The van der Waals surface area contributed by atoms with Gasteiger partial charge in [-0.2, -0.15) is 0 Å². The highest BCUT2D eigenvalue weighted by molar-refractivity contribution is 5.69. The Kier molecular flexibility index (Phi) is 6.00. The number of phenols is 1. The quantitative estimate of drug-likeness (QED) is 0.721. The van der Waals surface area contributed by atoms with E-state index in [0.717, 1.165) is 0 Å². The molecule has 2 N–H and O–H groups in total. The van der Waals surface area contributed by atoms with E-state index in [-0.39, 0.29) is 12.2 Å². The highest BCUT2D eigenvalue weighted by Gasteiger charge is 2.11. The number of hydrogen-bond donors (Lipinski definition) is 2. The second kappa shape index (κ2) is 7.55. The number of carbonyl (C=O) groups excluding carboxylic acids is 1. The minimum absolute atomic E-state index is 0.0211. The SMILES string of the molecule is CCOC(=O)CC(O)CCOc1ccc(O)cc1. The maximum absolute atomic E-state index is 11.1. The molecule has 0 spiro atoms. The van der Waals surface area contributed by atoms with Gasteiger partial charge in [-0.15, -0.1) is 0 Å². The summed E-state index contributed by atoms with van der Waals surface area (Å²) in [5.41, 5.74) is 0. The lowest BCUT2D eigenvalue weighted by molar-refractivity contribution is -0.145. The molecule has 0 aromatic heterocycles. The Bertz CT molecular complexity index is 360. The first kappa shape index (κ1) is 14.3. The molecule has 0 aliphatic carbocycles. The molecule has 5 heteroatoms. The fourth-order valence-corrected chi connectivity index (χ4v) is 1.37. The minimum atomic E-state index is -0.763. The third-order valence-electron chi connectivity index (χ3n) is 2.26. The van der Waals surface area contributed by atoms with Gasteiger partial charge >= 0.3 is 5.97 Å². The molecule has 0 heterocycles. The lowest BCUT2D eigenvalue weighted by Crippen LogP contribution is -2.18. The molecule has 0 saturated heterocycles.